The van der Waals surface area contributed by atoms with Gasteiger partial charge in [-0.15, -0.1) is 5.10 Å². The molecule has 1 aliphatic heterocycles. The zero-order valence-electron chi connectivity index (χ0n) is 12.8. The zero-order valence-corrected chi connectivity index (χ0v) is 12.8. The van der Waals surface area contributed by atoms with Crippen LogP contribution in [0.5, 0.6) is 0 Å². The van der Waals surface area contributed by atoms with Gasteiger partial charge < -0.3 is 10.6 Å². The van der Waals surface area contributed by atoms with Gasteiger partial charge in [0.2, 0.25) is 5.65 Å². The molecule has 2 N–H and O–H groups in total. The van der Waals surface area contributed by atoms with Crippen LogP contribution in [0.1, 0.15) is 18.4 Å². The SMILES string of the molecule is NCC1(c2ccccc2)CCN(c2nccn3nnnc23)CC1. The Hall–Kier alpha value is -2.54. The summed E-state index contributed by atoms with van der Waals surface area (Å²) in [6.07, 6.45) is 5.49. The number of fused-ring (bicyclic) bond motifs is 1. The zero-order chi connectivity index (χ0) is 15.7. The molecule has 3 heterocycles. The Kier molecular flexibility index (Phi) is 3.42. The number of aromatic nitrogens is 5. The van der Waals surface area contributed by atoms with E-state index in [1.165, 1.54) is 5.56 Å². The summed E-state index contributed by atoms with van der Waals surface area (Å²) in [5, 5.41) is 11.7. The molecule has 0 saturated carbocycles. The molecule has 118 valence electrons. The van der Waals surface area contributed by atoms with E-state index >= 15 is 0 Å². The highest BCUT2D eigenvalue weighted by molar-refractivity contribution is 5.62. The van der Waals surface area contributed by atoms with Crippen molar-refractivity contribution in [1.29, 1.82) is 0 Å². The van der Waals surface area contributed by atoms with E-state index in [0.29, 0.717) is 12.2 Å². The van der Waals surface area contributed by atoms with E-state index in [1.54, 1.807) is 16.9 Å². The van der Waals surface area contributed by atoms with Gasteiger partial charge in [0.1, 0.15) is 0 Å². The molecule has 0 atom stereocenters. The van der Waals surface area contributed by atoms with Gasteiger partial charge in [-0.3, -0.25) is 0 Å². The third kappa shape index (κ3) is 2.33. The number of hydrogen-bond acceptors (Lipinski definition) is 6. The molecular weight excluding hydrogens is 290 g/mol. The lowest BCUT2D eigenvalue weighted by Crippen LogP contribution is -2.47. The van der Waals surface area contributed by atoms with Gasteiger partial charge in [-0.25, -0.2) is 4.98 Å². The van der Waals surface area contributed by atoms with Crippen molar-refractivity contribution in [3.05, 3.63) is 48.3 Å². The summed E-state index contributed by atoms with van der Waals surface area (Å²) in [4.78, 5) is 6.73. The molecule has 3 aromatic rings. The van der Waals surface area contributed by atoms with Crippen molar-refractivity contribution in [1.82, 2.24) is 25.0 Å². The van der Waals surface area contributed by atoms with Crippen molar-refractivity contribution in [2.24, 2.45) is 5.73 Å². The third-order valence-corrected chi connectivity index (χ3v) is 4.89. The summed E-state index contributed by atoms with van der Waals surface area (Å²) in [6, 6.07) is 10.6. The molecular formula is C16H19N7. The van der Waals surface area contributed by atoms with E-state index in [9.17, 15) is 0 Å². The van der Waals surface area contributed by atoms with Gasteiger partial charge in [0, 0.05) is 31.2 Å². The number of rotatable bonds is 3. The van der Waals surface area contributed by atoms with Crippen molar-refractivity contribution in [2.45, 2.75) is 18.3 Å². The number of nitrogens with two attached hydrogens (primary N) is 1. The molecule has 7 heteroatoms. The van der Waals surface area contributed by atoms with Crippen LogP contribution in [0, 0.1) is 0 Å². The van der Waals surface area contributed by atoms with Crippen LogP contribution in [-0.4, -0.2) is 44.7 Å². The topological polar surface area (TPSA) is 85.2 Å². The van der Waals surface area contributed by atoms with Crippen LogP contribution in [-0.2, 0) is 5.41 Å². The number of benzene rings is 1. The van der Waals surface area contributed by atoms with Crippen LogP contribution in [0.4, 0.5) is 5.82 Å². The van der Waals surface area contributed by atoms with Gasteiger partial charge in [-0.2, -0.15) is 4.52 Å². The Bertz CT molecular complexity index is 790. The average Bonchev–Trinajstić information content (AvgIpc) is 3.11. The van der Waals surface area contributed by atoms with E-state index in [-0.39, 0.29) is 5.41 Å². The standard InChI is InChI=1S/C16H19N7/c17-12-16(13-4-2-1-3-5-13)6-9-22(10-7-16)14-15-19-20-21-23(15)11-8-18-14/h1-5,8,11H,6-7,9-10,12,17H2. The van der Waals surface area contributed by atoms with Crippen LogP contribution in [0.3, 0.4) is 0 Å². The second-order valence-electron chi connectivity index (χ2n) is 6.04. The average molecular weight is 309 g/mol. The van der Waals surface area contributed by atoms with E-state index in [4.69, 9.17) is 5.73 Å². The minimum Gasteiger partial charge on any atom is -0.353 e. The van der Waals surface area contributed by atoms with Crippen molar-refractivity contribution in [2.75, 3.05) is 24.5 Å². The van der Waals surface area contributed by atoms with Crippen molar-refractivity contribution in [3.8, 4) is 0 Å². The quantitative estimate of drug-likeness (QED) is 0.777. The Balaban J connectivity index is 1.60. The fraction of sp³-hybridized carbons (Fsp3) is 0.375. The maximum Gasteiger partial charge on any atom is 0.221 e. The van der Waals surface area contributed by atoms with Crippen LogP contribution < -0.4 is 10.6 Å². The molecule has 1 aromatic carbocycles. The van der Waals surface area contributed by atoms with E-state index < -0.39 is 0 Å². The largest absolute Gasteiger partial charge is 0.353 e. The van der Waals surface area contributed by atoms with Crippen LogP contribution in [0.2, 0.25) is 0 Å². The smallest absolute Gasteiger partial charge is 0.221 e. The van der Waals surface area contributed by atoms with Crippen molar-refractivity contribution < 1.29 is 0 Å². The highest BCUT2D eigenvalue weighted by atomic mass is 15.5. The first-order valence-electron chi connectivity index (χ1n) is 7.86. The van der Waals surface area contributed by atoms with Crippen LogP contribution >= 0.6 is 0 Å². The predicted molar refractivity (Wildman–Crippen MR) is 87.2 cm³/mol. The lowest BCUT2D eigenvalue weighted by molar-refractivity contribution is 0.339. The molecule has 0 unspecified atom stereocenters. The van der Waals surface area contributed by atoms with Crippen molar-refractivity contribution >= 4 is 11.5 Å². The van der Waals surface area contributed by atoms with Gasteiger partial charge in [-0.05, 0) is 28.8 Å². The normalized spacial score (nSPS) is 17.5. The van der Waals surface area contributed by atoms with Gasteiger partial charge in [-0.1, -0.05) is 30.3 Å². The Morgan fingerprint density at radius 1 is 1.13 bits per heavy atom. The first-order chi connectivity index (χ1) is 11.3. The molecule has 0 spiro atoms. The first kappa shape index (κ1) is 14.1. The summed E-state index contributed by atoms with van der Waals surface area (Å²) in [7, 11) is 0. The summed E-state index contributed by atoms with van der Waals surface area (Å²) in [5.41, 5.74) is 8.24. The van der Waals surface area contributed by atoms with Crippen molar-refractivity contribution in [3.63, 3.8) is 0 Å². The number of piperidine rings is 1. The number of nitrogens with zero attached hydrogens (tertiary/aromatic N) is 6. The maximum atomic E-state index is 6.16. The van der Waals surface area contributed by atoms with Gasteiger partial charge in [0.25, 0.3) is 0 Å². The molecule has 1 aliphatic rings. The second-order valence-corrected chi connectivity index (χ2v) is 6.04. The van der Waals surface area contributed by atoms with Crippen LogP contribution in [0.25, 0.3) is 5.65 Å². The molecule has 0 amide bonds. The first-order valence-corrected chi connectivity index (χ1v) is 7.86. The molecule has 7 nitrogen and oxygen atoms in total. The van der Waals surface area contributed by atoms with Gasteiger partial charge in [0.05, 0.1) is 6.20 Å². The molecule has 1 saturated heterocycles. The third-order valence-electron chi connectivity index (χ3n) is 4.89. The number of tetrazole rings is 1. The Morgan fingerprint density at radius 3 is 2.65 bits per heavy atom. The Labute approximate surface area is 134 Å². The molecule has 0 radical (unpaired) electrons. The maximum absolute atomic E-state index is 6.16. The molecule has 23 heavy (non-hydrogen) atoms. The van der Waals surface area contributed by atoms with Gasteiger partial charge in [0.15, 0.2) is 5.82 Å². The van der Waals surface area contributed by atoms with E-state index in [0.717, 1.165) is 31.7 Å². The lowest BCUT2D eigenvalue weighted by Gasteiger charge is -2.42. The minimum atomic E-state index is 0.0503. The van der Waals surface area contributed by atoms with E-state index in [1.807, 2.05) is 6.07 Å². The second kappa shape index (κ2) is 5.58. The summed E-state index contributed by atoms with van der Waals surface area (Å²) in [6.45, 7) is 2.45. The monoisotopic (exact) mass is 309 g/mol. The summed E-state index contributed by atoms with van der Waals surface area (Å²) in [5.74, 6) is 0.844. The fourth-order valence-corrected chi connectivity index (χ4v) is 3.44. The fourth-order valence-electron chi connectivity index (χ4n) is 3.44. The molecule has 0 aliphatic carbocycles. The van der Waals surface area contributed by atoms with E-state index in [2.05, 4.69) is 49.7 Å². The summed E-state index contributed by atoms with van der Waals surface area (Å²) >= 11 is 0. The molecule has 4 rings (SSSR count). The minimum absolute atomic E-state index is 0.0503. The summed E-state index contributed by atoms with van der Waals surface area (Å²) < 4.78 is 1.66. The van der Waals surface area contributed by atoms with Crippen LogP contribution in [0.15, 0.2) is 42.7 Å². The Morgan fingerprint density at radius 2 is 1.91 bits per heavy atom. The van der Waals surface area contributed by atoms with Gasteiger partial charge >= 0.3 is 0 Å². The predicted octanol–water partition coefficient (Wildman–Crippen LogP) is 1.02. The molecule has 1 fully saturated rings. The molecule has 0 bridgehead atoms. The number of hydrogen-bond donors (Lipinski definition) is 1. The number of anilines is 1. The highest BCUT2D eigenvalue weighted by Crippen LogP contribution is 2.36. The highest BCUT2D eigenvalue weighted by Gasteiger charge is 2.35. The molecule has 2 aromatic heterocycles. The lowest BCUT2D eigenvalue weighted by atomic mass is 9.73.